The molecule has 0 saturated carbocycles. The number of H-pyrrole nitrogens is 1. The fourth-order valence-electron chi connectivity index (χ4n) is 4.98. The van der Waals surface area contributed by atoms with Crippen LogP contribution in [-0.2, 0) is 11.8 Å². The van der Waals surface area contributed by atoms with Crippen LogP contribution in [0, 0.1) is 0 Å². The van der Waals surface area contributed by atoms with Gasteiger partial charge in [-0.1, -0.05) is 44.2 Å². The third kappa shape index (κ3) is 2.98. The Morgan fingerprint density at radius 3 is 2.66 bits per heavy atom. The van der Waals surface area contributed by atoms with Gasteiger partial charge < -0.3 is 9.88 Å². The van der Waals surface area contributed by atoms with Crippen molar-refractivity contribution in [1.82, 2.24) is 4.98 Å². The van der Waals surface area contributed by atoms with Crippen LogP contribution in [0.2, 0.25) is 0 Å². The van der Waals surface area contributed by atoms with E-state index in [1.807, 2.05) is 30.3 Å². The first kappa shape index (κ1) is 18.2. The van der Waals surface area contributed by atoms with Crippen LogP contribution in [0.3, 0.4) is 0 Å². The zero-order valence-electron chi connectivity index (χ0n) is 17.0. The van der Waals surface area contributed by atoms with Gasteiger partial charge in [-0.2, -0.15) is 0 Å². The van der Waals surface area contributed by atoms with Crippen molar-refractivity contribution in [2.75, 3.05) is 18.0 Å². The number of aromatic nitrogens is 1. The number of aryl methyl sites for hydroxylation is 1. The minimum Gasteiger partial charge on any atom is -0.363 e. The maximum atomic E-state index is 12.9. The summed E-state index contributed by atoms with van der Waals surface area (Å²) < 4.78 is 0. The topological polar surface area (TPSA) is 53.2 Å². The van der Waals surface area contributed by atoms with Crippen LogP contribution in [0.15, 0.2) is 42.5 Å². The van der Waals surface area contributed by atoms with Crippen molar-refractivity contribution in [3.05, 3.63) is 64.8 Å². The molecule has 0 bridgehead atoms. The number of Topliss-reactive ketones (excluding diaryl/α,β-unsaturated/α-hetero) is 2. The van der Waals surface area contributed by atoms with E-state index in [0.29, 0.717) is 13.0 Å². The van der Waals surface area contributed by atoms with Crippen molar-refractivity contribution < 1.29 is 9.59 Å². The molecule has 0 spiro atoms. The van der Waals surface area contributed by atoms with E-state index in [0.717, 1.165) is 59.2 Å². The van der Waals surface area contributed by atoms with Gasteiger partial charge in [0.05, 0.1) is 12.2 Å². The van der Waals surface area contributed by atoms with Gasteiger partial charge in [0, 0.05) is 40.5 Å². The predicted molar refractivity (Wildman–Crippen MR) is 116 cm³/mol. The summed E-state index contributed by atoms with van der Waals surface area (Å²) in [5.74, 6) is 0.363. The first-order valence-electron chi connectivity index (χ1n) is 10.5. The maximum absolute atomic E-state index is 12.9. The Kier molecular flexibility index (Phi) is 4.12. The lowest BCUT2D eigenvalue weighted by Crippen LogP contribution is -2.32. The lowest BCUT2D eigenvalue weighted by molar-refractivity contribution is 0.0975. The van der Waals surface area contributed by atoms with Gasteiger partial charge in [-0.25, -0.2) is 0 Å². The second-order valence-electron chi connectivity index (χ2n) is 9.05. The van der Waals surface area contributed by atoms with E-state index >= 15 is 0 Å². The van der Waals surface area contributed by atoms with Crippen LogP contribution >= 0.6 is 0 Å². The van der Waals surface area contributed by atoms with Gasteiger partial charge in [-0.3, -0.25) is 9.59 Å². The average molecular weight is 386 g/mol. The van der Waals surface area contributed by atoms with Gasteiger partial charge in [0.15, 0.2) is 11.6 Å². The number of hydrogen-bond donors (Lipinski definition) is 1. The van der Waals surface area contributed by atoms with Crippen LogP contribution in [0.25, 0.3) is 10.9 Å². The third-order valence-corrected chi connectivity index (χ3v) is 6.47. The summed E-state index contributed by atoms with van der Waals surface area (Å²) in [4.78, 5) is 31.0. The summed E-state index contributed by atoms with van der Waals surface area (Å²) >= 11 is 0. The van der Waals surface area contributed by atoms with Gasteiger partial charge in [0.2, 0.25) is 0 Å². The zero-order chi connectivity index (χ0) is 20.2. The first-order chi connectivity index (χ1) is 13.9. The molecule has 2 aliphatic rings. The summed E-state index contributed by atoms with van der Waals surface area (Å²) in [6.07, 6.45) is 3.57. The van der Waals surface area contributed by atoms with Crippen LogP contribution < -0.4 is 4.90 Å². The number of benzene rings is 2. The van der Waals surface area contributed by atoms with Crippen LogP contribution in [0.5, 0.6) is 0 Å². The highest BCUT2D eigenvalue weighted by atomic mass is 16.1. The number of hydrogen-bond acceptors (Lipinski definition) is 3. The lowest BCUT2D eigenvalue weighted by atomic mass is 9.86. The van der Waals surface area contributed by atoms with Crippen molar-refractivity contribution in [3.8, 4) is 0 Å². The molecule has 0 radical (unpaired) electrons. The van der Waals surface area contributed by atoms with Crippen LogP contribution in [0.1, 0.15) is 65.1 Å². The number of aromatic amines is 1. The number of nitrogens with one attached hydrogen (secondary N) is 1. The molecule has 1 aliphatic carbocycles. The molecule has 29 heavy (non-hydrogen) atoms. The average Bonchev–Trinajstić information content (AvgIpc) is 3.11. The highest BCUT2D eigenvalue weighted by Crippen LogP contribution is 2.44. The molecule has 2 heterocycles. The Labute approximate surface area is 170 Å². The first-order valence-corrected chi connectivity index (χ1v) is 10.5. The molecule has 0 amide bonds. The highest BCUT2D eigenvalue weighted by molar-refractivity contribution is 6.04. The largest absolute Gasteiger partial charge is 0.363 e. The number of carbonyl (C=O) groups excluding carboxylic acids is 2. The molecule has 3 aromatic rings. The summed E-state index contributed by atoms with van der Waals surface area (Å²) in [7, 11) is 0. The second-order valence-corrected chi connectivity index (χ2v) is 9.05. The molecule has 2 aromatic carbocycles. The fraction of sp³-hybridized carbons (Fsp3) is 0.360. The molecule has 148 valence electrons. The van der Waals surface area contributed by atoms with E-state index in [4.69, 9.17) is 0 Å². The number of anilines is 1. The molecular formula is C25H26N2O2. The number of fused-ring (bicyclic) bond motifs is 4. The number of rotatable bonds is 3. The Morgan fingerprint density at radius 2 is 1.86 bits per heavy atom. The van der Waals surface area contributed by atoms with Crippen molar-refractivity contribution in [1.29, 1.82) is 0 Å². The molecule has 1 aromatic heterocycles. The third-order valence-electron chi connectivity index (χ3n) is 6.47. The Hall–Kier alpha value is -2.88. The SMILES string of the molecule is CC1(C)CN(CC(=O)c2ccccc2)c2cc3c4c([nH]c3cc21)C(=O)CCCC4. The van der Waals surface area contributed by atoms with Crippen molar-refractivity contribution in [3.63, 3.8) is 0 Å². The number of ketones is 2. The van der Waals surface area contributed by atoms with Crippen molar-refractivity contribution in [2.45, 2.75) is 44.9 Å². The van der Waals surface area contributed by atoms with Gasteiger partial charge in [0.1, 0.15) is 0 Å². The Bertz CT molecular complexity index is 1120. The van der Waals surface area contributed by atoms with Gasteiger partial charge in [-0.15, -0.1) is 0 Å². The fourth-order valence-corrected chi connectivity index (χ4v) is 4.98. The second kappa shape index (κ2) is 6.58. The predicted octanol–water partition coefficient (Wildman–Crippen LogP) is 5.06. The summed E-state index contributed by atoms with van der Waals surface area (Å²) in [5, 5.41) is 1.14. The molecule has 4 nitrogen and oxygen atoms in total. The highest BCUT2D eigenvalue weighted by Gasteiger charge is 2.37. The minimum absolute atomic E-state index is 0.0486. The standard InChI is InChI=1S/C25H26N2O2/c1-25(2)15-27(14-23(29)16-8-4-3-5-9-16)21-12-18-17-10-6-7-11-22(28)24(17)26-20(18)13-19(21)25/h3-5,8-9,12-13,26H,6-7,10-11,14-15H2,1-2H3. The molecule has 1 aliphatic heterocycles. The number of nitrogens with zero attached hydrogens (tertiary/aromatic N) is 1. The molecular weight excluding hydrogens is 360 g/mol. The van der Waals surface area contributed by atoms with Gasteiger partial charge in [-0.05, 0) is 42.5 Å². The van der Waals surface area contributed by atoms with E-state index in [9.17, 15) is 9.59 Å². The number of carbonyl (C=O) groups is 2. The molecule has 0 saturated heterocycles. The monoisotopic (exact) mass is 386 g/mol. The summed E-state index contributed by atoms with van der Waals surface area (Å²) in [6.45, 7) is 5.64. The molecule has 0 atom stereocenters. The van der Waals surface area contributed by atoms with E-state index in [1.54, 1.807) is 0 Å². The zero-order valence-corrected chi connectivity index (χ0v) is 17.0. The molecule has 0 fully saturated rings. The van der Waals surface area contributed by atoms with E-state index in [1.165, 1.54) is 5.56 Å². The molecule has 1 N–H and O–H groups in total. The van der Waals surface area contributed by atoms with Crippen LogP contribution in [0.4, 0.5) is 5.69 Å². The minimum atomic E-state index is -0.0486. The van der Waals surface area contributed by atoms with Crippen LogP contribution in [-0.4, -0.2) is 29.6 Å². The molecule has 4 heteroatoms. The van der Waals surface area contributed by atoms with E-state index in [-0.39, 0.29) is 17.0 Å². The lowest BCUT2D eigenvalue weighted by Gasteiger charge is -2.21. The Morgan fingerprint density at radius 1 is 1.10 bits per heavy atom. The van der Waals surface area contributed by atoms with Crippen molar-refractivity contribution >= 4 is 28.2 Å². The van der Waals surface area contributed by atoms with E-state index < -0.39 is 0 Å². The Balaban J connectivity index is 1.58. The molecule has 5 rings (SSSR count). The summed E-state index contributed by atoms with van der Waals surface area (Å²) in [5.41, 5.74) is 6.08. The smallest absolute Gasteiger partial charge is 0.182 e. The molecule has 0 unspecified atom stereocenters. The van der Waals surface area contributed by atoms with Gasteiger partial charge >= 0.3 is 0 Å². The van der Waals surface area contributed by atoms with Gasteiger partial charge in [0.25, 0.3) is 0 Å². The normalized spacial score (nSPS) is 17.9. The summed E-state index contributed by atoms with van der Waals surface area (Å²) in [6, 6.07) is 13.9. The van der Waals surface area contributed by atoms with E-state index in [2.05, 4.69) is 35.9 Å². The van der Waals surface area contributed by atoms with Crippen molar-refractivity contribution in [2.24, 2.45) is 0 Å². The maximum Gasteiger partial charge on any atom is 0.182 e. The quantitative estimate of drug-likeness (QED) is 0.506.